The monoisotopic (exact) mass is 416 g/mol. The zero-order chi connectivity index (χ0) is 20.6. The number of benzene rings is 1. The number of ether oxygens (including phenoxy) is 1. The van der Waals surface area contributed by atoms with Crippen molar-refractivity contribution < 1.29 is 18.7 Å². The molecule has 2 aromatic rings. The number of methoxy groups -OCH3 is 1. The normalized spacial score (nSPS) is 15.2. The van der Waals surface area contributed by atoms with E-state index >= 15 is 0 Å². The summed E-state index contributed by atoms with van der Waals surface area (Å²) in [5.41, 5.74) is 1.07. The second kappa shape index (κ2) is 10.5. The molecule has 1 aliphatic rings. The highest BCUT2D eigenvalue weighted by Crippen LogP contribution is 2.28. The zero-order valence-electron chi connectivity index (χ0n) is 17.0. The Balaban J connectivity index is 1.61. The topological polar surface area (TPSA) is 71.8 Å². The molecule has 7 heteroatoms. The summed E-state index contributed by atoms with van der Waals surface area (Å²) in [5, 5.41) is 3.19. The van der Waals surface area contributed by atoms with E-state index in [1.165, 1.54) is 25.1 Å². The number of furan rings is 1. The summed E-state index contributed by atoms with van der Waals surface area (Å²) in [5.74, 6) is 0.516. The molecule has 0 aliphatic carbocycles. The summed E-state index contributed by atoms with van der Waals surface area (Å²) in [7, 11) is 1.35. The van der Waals surface area contributed by atoms with Crippen LogP contribution in [0.2, 0.25) is 0 Å². The summed E-state index contributed by atoms with van der Waals surface area (Å²) in [4.78, 5) is 28.0. The number of carbonyl (C=O) groups excluding carboxylic acids is 2. The number of rotatable bonds is 8. The zero-order valence-corrected chi connectivity index (χ0v) is 17.8. The molecule has 3 rings (SSSR count). The Labute approximate surface area is 176 Å². The Hall–Kier alpha value is -2.25. The molecule has 2 heterocycles. The lowest BCUT2D eigenvalue weighted by Gasteiger charge is -2.32. The molecule has 0 bridgehead atoms. The van der Waals surface area contributed by atoms with E-state index in [1.54, 1.807) is 6.07 Å². The molecule has 1 saturated heterocycles. The van der Waals surface area contributed by atoms with Gasteiger partial charge in [-0.05, 0) is 44.0 Å². The molecule has 0 radical (unpaired) electrons. The van der Waals surface area contributed by atoms with Crippen molar-refractivity contribution in [2.24, 2.45) is 0 Å². The Morgan fingerprint density at radius 2 is 1.97 bits per heavy atom. The highest BCUT2D eigenvalue weighted by molar-refractivity contribution is 7.98. The van der Waals surface area contributed by atoms with Crippen LogP contribution in [0.15, 0.2) is 45.9 Å². The van der Waals surface area contributed by atoms with E-state index in [0.717, 1.165) is 43.8 Å². The molecule has 1 N–H and O–H groups in total. The molecule has 0 saturated carbocycles. The molecule has 1 amide bonds. The van der Waals surface area contributed by atoms with Crippen LogP contribution in [0, 0.1) is 0 Å². The smallest absolute Gasteiger partial charge is 0.341 e. The van der Waals surface area contributed by atoms with Crippen LogP contribution in [0.3, 0.4) is 0 Å². The van der Waals surface area contributed by atoms with Crippen molar-refractivity contribution in [1.29, 1.82) is 0 Å². The first-order valence-electron chi connectivity index (χ1n) is 10.0. The first-order chi connectivity index (χ1) is 14.1. The molecule has 156 valence electrons. The summed E-state index contributed by atoms with van der Waals surface area (Å²) in [6.07, 6.45) is 4.60. The number of hydrogen-bond acceptors (Lipinski definition) is 6. The van der Waals surface area contributed by atoms with Gasteiger partial charge in [0, 0.05) is 24.0 Å². The standard InChI is InChI=1S/C22H28N2O4S/c1-3-11-24-12-8-16(9-13-24)23-21(25)18-6-4-5-7-20(18)29-15-19-17(10-14-28-19)22(26)27-2/h4-7,10,14,16H,3,8-9,11-13,15H2,1-2H3,(H,23,25). The van der Waals surface area contributed by atoms with Crippen LogP contribution in [-0.2, 0) is 10.5 Å². The number of hydrogen-bond donors (Lipinski definition) is 1. The van der Waals surface area contributed by atoms with E-state index in [2.05, 4.69) is 17.1 Å². The second-order valence-electron chi connectivity index (χ2n) is 7.12. The van der Waals surface area contributed by atoms with Crippen LogP contribution in [0.1, 0.15) is 52.7 Å². The number of nitrogens with one attached hydrogen (secondary N) is 1. The predicted octanol–water partition coefficient (Wildman–Crippen LogP) is 3.96. The van der Waals surface area contributed by atoms with Gasteiger partial charge in [-0.25, -0.2) is 4.79 Å². The molecule has 1 aromatic heterocycles. The Kier molecular flexibility index (Phi) is 7.77. The summed E-state index contributed by atoms with van der Waals surface area (Å²) in [6, 6.07) is 9.36. The van der Waals surface area contributed by atoms with E-state index in [4.69, 9.17) is 9.15 Å². The number of esters is 1. The van der Waals surface area contributed by atoms with Crippen molar-refractivity contribution in [1.82, 2.24) is 10.2 Å². The van der Waals surface area contributed by atoms with Gasteiger partial charge in [0.25, 0.3) is 5.91 Å². The third-order valence-electron chi connectivity index (χ3n) is 5.10. The Morgan fingerprint density at radius 3 is 2.69 bits per heavy atom. The Morgan fingerprint density at radius 1 is 1.21 bits per heavy atom. The van der Waals surface area contributed by atoms with Crippen LogP contribution in [0.4, 0.5) is 0 Å². The average Bonchev–Trinajstić information content (AvgIpc) is 3.22. The number of amides is 1. The van der Waals surface area contributed by atoms with E-state index in [9.17, 15) is 9.59 Å². The third-order valence-corrected chi connectivity index (χ3v) is 6.18. The van der Waals surface area contributed by atoms with Gasteiger partial charge in [0.15, 0.2) is 0 Å². The molecule has 1 aliphatic heterocycles. The molecule has 1 aromatic carbocycles. The number of thioether (sulfide) groups is 1. The van der Waals surface area contributed by atoms with Gasteiger partial charge in [-0.1, -0.05) is 19.1 Å². The molecular weight excluding hydrogens is 388 g/mol. The van der Waals surface area contributed by atoms with E-state index in [0.29, 0.717) is 22.6 Å². The Bertz CT molecular complexity index is 828. The van der Waals surface area contributed by atoms with Gasteiger partial charge in [-0.2, -0.15) is 0 Å². The van der Waals surface area contributed by atoms with Crippen molar-refractivity contribution >= 4 is 23.6 Å². The third kappa shape index (κ3) is 5.64. The molecule has 0 atom stereocenters. The summed E-state index contributed by atoms with van der Waals surface area (Å²) >= 11 is 1.47. The van der Waals surface area contributed by atoms with E-state index in [-0.39, 0.29) is 11.9 Å². The van der Waals surface area contributed by atoms with E-state index < -0.39 is 5.97 Å². The maximum atomic E-state index is 12.9. The molecule has 1 fully saturated rings. The number of likely N-dealkylation sites (tertiary alicyclic amines) is 1. The largest absolute Gasteiger partial charge is 0.468 e. The number of piperidine rings is 1. The minimum Gasteiger partial charge on any atom is -0.468 e. The summed E-state index contributed by atoms with van der Waals surface area (Å²) in [6.45, 7) is 5.38. The lowest BCUT2D eigenvalue weighted by Crippen LogP contribution is -2.44. The van der Waals surface area contributed by atoms with Crippen LogP contribution in [-0.4, -0.2) is 49.6 Å². The first-order valence-corrected chi connectivity index (χ1v) is 11.0. The van der Waals surface area contributed by atoms with Gasteiger partial charge in [-0.15, -0.1) is 11.8 Å². The fourth-order valence-corrected chi connectivity index (χ4v) is 4.55. The number of nitrogens with zero attached hydrogens (tertiary/aromatic N) is 1. The number of carbonyl (C=O) groups is 2. The fraction of sp³-hybridized carbons (Fsp3) is 0.455. The lowest BCUT2D eigenvalue weighted by atomic mass is 10.0. The van der Waals surface area contributed by atoms with Gasteiger partial charge < -0.3 is 19.4 Å². The van der Waals surface area contributed by atoms with Crippen molar-refractivity contribution in [3.8, 4) is 0 Å². The van der Waals surface area contributed by atoms with Gasteiger partial charge in [0.2, 0.25) is 0 Å². The van der Waals surface area contributed by atoms with Crippen LogP contribution < -0.4 is 5.32 Å². The van der Waals surface area contributed by atoms with Crippen molar-refractivity contribution in [2.45, 2.75) is 42.9 Å². The molecule has 0 unspecified atom stereocenters. The van der Waals surface area contributed by atoms with E-state index in [1.807, 2.05) is 24.3 Å². The SMILES string of the molecule is CCCN1CCC(NC(=O)c2ccccc2SCc2occc2C(=O)OC)CC1. The second-order valence-corrected chi connectivity index (χ2v) is 8.14. The quantitative estimate of drug-likeness (QED) is 0.519. The maximum Gasteiger partial charge on any atom is 0.341 e. The average molecular weight is 417 g/mol. The molecule has 29 heavy (non-hydrogen) atoms. The van der Waals surface area contributed by atoms with Crippen LogP contribution in [0.5, 0.6) is 0 Å². The molecular formula is C22H28N2O4S. The van der Waals surface area contributed by atoms with Gasteiger partial charge in [0.1, 0.15) is 11.3 Å². The highest BCUT2D eigenvalue weighted by atomic mass is 32.2. The lowest BCUT2D eigenvalue weighted by molar-refractivity contribution is 0.0598. The van der Waals surface area contributed by atoms with Gasteiger partial charge in [0.05, 0.1) is 24.7 Å². The maximum absolute atomic E-state index is 12.9. The van der Waals surface area contributed by atoms with Crippen LogP contribution in [0.25, 0.3) is 0 Å². The summed E-state index contributed by atoms with van der Waals surface area (Å²) < 4.78 is 10.2. The van der Waals surface area contributed by atoms with Crippen molar-refractivity contribution in [3.05, 3.63) is 53.5 Å². The molecule has 0 spiro atoms. The fourth-order valence-electron chi connectivity index (χ4n) is 3.55. The molecule has 6 nitrogen and oxygen atoms in total. The highest BCUT2D eigenvalue weighted by Gasteiger charge is 2.22. The van der Waals surface area contributed by atoms with Crippen molar-refractivity contribution in [3.63, 3.8) is 0 Å². The van der Waals surface area contributed by atoms with Crippen LogP contribution >= 0.6 is 11.8 Å². The minimum absolute atomic E-state index is 0.0466. The van der Waals surface area contributed by atoms with Crippen molar-refractivity contribution in [2.75, 3.05) is 26.7 Å². The van der Waals surface area contributed by atoms with Gasteiger partial charge >= 0.3 is 5.97 Å². The first kappa shape index (κ1) is 21.5. The predicted molar refractivity (Wildman–Crippen MR) is 113 cm³/mol. The van der Waals surface area contributed by atoms with Gasteiger partial charge in [-0.3, -0.25) is 4.79 Å². The minimum atomic E-state index is -0.421.